The van der Waals surface area contributed by atoms with E-state index in [1.165, 1.54) is 12.0 Å². The van der Waals surface area contributed by atoms with Crippen LogP contribution >= 0.6 is 23.2 Å². The van der Waals surface area contributed by atoms with E-state index in [1.54, 1.807) is 0 Å². The van der Waals surface area contributed by atoms with Crippen LogP contribution in [-0.4, -0.2) is 32.1 Å². The van der Waals surface area contributed by atoms with E-state index in [4.69, 9.17) is 32.7 Å². The normalized spacial score (nSPS) is 30.1. The van der Waals surface area contributed by atoms with Crippen molar-refractivity contribution < 1.29 is 9.47 Å². The van der Waals surface area contributed by atoms with Gasteiger partial charge in [-0.15, -0.1) is 0 Å². The lowest BCUT2D eigenvalue weighted by Crippen LogP contribution is -2.52. The van der Waals surface area contributed by atoms with Gasteiger partial charge in [0.1, 0.15) is 0 Å². The van der Waals surface area contributed by atoms with Crippen LogP contribution < -0.4 is 5.32 Å². The fourth-order valence-electron chi connectivity index (χ4n) is 3.74. The van der Waals surface area contributed by atoms with Crippen molar-refractivity contribution in [1.29, 1.82) is 0 Å². The molecule has 0 radical (unpaired) electrons. The molecule has 0 saturated carbocycles. The molecule has 0 bridgehead atoms. The molecule has 1 aromatic carbocycles. The molecular weight excluding hydrogens is 333 g/mol. The maximum absolute atomic E-state index is 6.32. The monoisotopic (exact) mass is 357 g/mol. The largest absolute Gasteiger partial charge is 0.353 e. The minimum absolute atomic E-state index is 0.0515. The third-order valence-corrected chi connectivity index (χ3v) is 5.92. The van der Waals surface area contributed by atoms with Crippen molar-refractivity contribution in [3.05, 3.63) is 33.8 Å². The molecule has 2 saturated heterocycles. The lowest BCUT2D eigenvalue weighted by Gasteiger charge is -2.44. The molecule has 0 aliphatic carbocycles. The fraction of sp³-hybridized carbons (Fsp3) is 0.667. The average Bonchev–Trinajstić information content (AvgIpc) is 2.59. The Kier molecular flexibility index (Phi) is 5.87. The van der Waals surface area contributed by atoms with Crippen molar-refractivity contribution in [3.63, 3.8) is 0 Å². The Morgan fingerprint density at radius 2 is 2.13 bits per heavy atom. The van der Waals surface area contributed by atoms with Gasteiger partial charge in [-0.3, -0.25) is 0 Å². The first-order valence-electron chi connectivity index (χ1n) is 8.55. The minimum atomic E-state index is -0.0900. The number of hydrogen-bond acceptors (Lipinski definition) is 3. The standard InChI is InChI=1S/C18H25Cl2NO2/c1-13(23-17-5-2-3-10-22-17)18(8-4-9-21-12-18)14-6-7-15(19)16(20)11-14/h6-7,11,13,17,21H,2-5,8-10,12H2,1H3. The summed E-state index contributed by atoms with van der Waals surface area (Å²) < 4.78 is 12.1. The van der Waals surface area contributed by atoms with E-state index < -0.39 is 0 Å². The zero-order chi connectivity index (χ0) is 16.3. The lowest BCUT2D eigenvalue weighted by atomic mass is 9.71. The number of nitrogens with one attached hydrogen (secondary N) is 1. The van der Waals surface area contributed by atoms with Crippen LogP contribution in [0.4, 0.5) is 0 Å². The molecule has 0 amide bonds. The number of rotatable bonds is 4. The Morgan fingerprint density at radius 3 is 2.78 bits per heavy atom. The fourth-order valence-corrected chi connectivity index (χ4v) is 4.04. The SMILES string of the molecule is CC(OC1CCCCO1)C1(c2ccc(Cl)c(Cl)c2)CCCNC1. The lowest BCUT2D eigenvalue weighted by molar-refractivity contribution is -0.199. The molecule has 2 fully saturated rings. The third kappa shape index (κ3) is 3.85. The van der Waals surface area contributed by atoms with Crippen molar-refractivity contribution in [3.8, 4) is 0 Å². The van der Waals surface area contributed by atoms with Crippen LogP contribution in [0.5, 0.6) is 0 Å². The molecule has 1 aromatic rings. The molecule has 3 rings (SSSR count). The predicted molar refractivity (Wildman–Crippen MR) is 94.4 cm³/mol. The van der Waals surface area contributed by atoms with Crippen molar-refractivity contribution in [2.75, 3.05) is 19.7 Å². The zero-order valence-corrected chi connectivity index (χ0v) is 15.1. The highest BCUT2D eigenvalue weighted by Crippen LogP contribution is 2.39. The zero-order valence-electron chi connectivity index (χ0n) is 13.6. The number of benzene rings is 1. The van der Waals surface area contributed by atoms with E-state index in [1.807, 2.05) is 12.1 Å². The predicted octanol–water partition coefficient (Wildman–Crippen LogP) is 4.55. The van der Waals surface area contributed by atoms with Crippen LogP contribution in [0, 0.1) is 0 Å². The van der Waals surface area contributed by atoms with Gasteiger partial charge in [-0.25, -0.2) is 0 Å². The van der Waals surface area contributed by atoms with E-state index in [-0.39, 0.29) is 17.8 Å². The van der Waals surface area contributed by atoms with Crippen molar-refractivity contribution in [1.82, 2.24) is 5.32 Å². The number of halogens is 2. The number of hydrogen-bond donors (Lipinski definition) is 1. The smallest absolute Gasteiger partial charge is 0.157 e. The molecular formula is C18H25Cl2NO2. The molecule has 3 unspecified atom stereocenters. The number of piperidine rings is 1. The van der Waals surface area contributed by atoms with Gasteiger partial charge in [0.05, 0.1) is 16.1 Å². The van der Waals surface area contributed by atoms with Gasteiger partial charge in [0.15, 0.2) is 6.29 Å². The Morgan fingerprint density at radius 1 is 1.26 bits per heavy atom. The first kappa shape index (κ1) is 17.5. The molecule has 23 heavy (non-hydrogen) atoms. The highest BCUT2D eigenvalue weighted by atomic mass is 35.5. The van der Waals surface area contributed by atoms with Gasteiger partial charge < -0.3 is 14.8 Å². The molecule has 2 heterocycles. The highest BCUT2D eigenvalue weighted by Gasteiger charge is 2.41. The summed E-state index contributed by atoms with van der Waals surface area (Å²) in [5.41, 5.74) is 1.11. The first-order chi connectivity index (χ1) is 11.1. The van der Waals surface area contributed by atoms with Gasteiger partial charge in [0.2, 0.25) is 0 Å². The van der Waals surface area contributed by atoms with Crippen LogP contribution in [0.15, 0.2) is 18.2 Å². The second kappa shape index (κ2) is 7.71. The van der Waals surface area contributed by atoms with Gasteiger partial charge >= 0.3 is 0 Å². The van der Waals surface area contributed by atoms with E-state index in [2.05, 4.69) is 18.3 Å². The average molecular weight is 358 g/mol. The van der Waals surface area contributed by atoms with E-state index in [9.17, 15) is 0 Å². The quantitative estimate of drug-likeness (QED) is 0.857. The molecule has 3 atom stereocenters. The Labute approximate surface area is 148 Å². The summed E-state index contributed by atoms with van der Waals surface area (Å²) in [4.78, 5) is 0. The van der Waals surface area contributed by atoms with Crippen LogP contribution in [0.25, 0.3) is 0 Å². The maximum Gasteiger partial charge on any atom is 0.157 e. The van der Waals surface area contributed by atoms with Gasteiger partial charge in [-0.2, -0.15) is 0 Å². The van der Waals surface area contributed by atoms with Crippen molar-refractivity contribution in [2.45, 2.75) is 56.8 Å². The summed E-state index contributed by atoms with van der Waals surface area (Å²) in [7, 11) is 0. The number of ether oxygens (including phenoxy) is 2. The third-order valence-electron chi connectivity index (χ3n) is 5.18. The van der Waals surface area contributed by atoms with E-state index >= 15 is 0 Å². The van der Waals surface area contributed by atoms with Crippen LogP contribution in [0.3, 0.4) is 0 Å². The van der Waals surface area contributed by atoms with Gasteiger partial charge in [-0.05, 0) is 63.3 Å². The van der Waals surface area contributed by atoms with Crippen molar-refractivity contribution >= 4 is 23.2 Å². The van der Waals surface area contributed by atoms with Crippen LogP contribution in [0.2, 0.25) is 10.0 Å². The molecule has 1 N–H and O–H groups in total. The van der Waals surface area contributed by atoms with Crippen LogP contribution in [-0.2, 0) is 14.9 Å². The van der Waals surface area contributed by atoms with Crippen LogP contribution in [0.1, 0.15) is 44.6 Å². The molecule has 2 aliphatic heterocycles. The van der Waals surface area contributed by atoms with Gasteiger partial charge in [0, 0.05) is 18.6 Å². The van der Waals surface area contributed by atoms with Gasteiger partial charge in [-0.1, -0.05) is 29.3 Å². The first-order valence-corrected chi connectivity index (χ1v) is 9.31. The second-order valence-corrected chi connectivity index (χ2v) is 7.45. The summed E-state index contributed by atoms with van der Waals surface area (Å²) in [5.74, 6) is 0. The van der Waals surface area contributed by atoms with E-state index in [0.717, 1.165) is 45.4 Å². The van der Waals surface area contributed by atoms with Crippen molar-refractivity contribution in [2.24, 2.45) is 0 Å². The molecule has 128 valence electrons. The summed E-state index contributed by atoms with van der Waals surface area (Å²) in [5, 5.41) is 4.73. The highest BCUT2D eigenvalue weighted by molar-refractivity contribution is 6.42. The Hall–Kier alpha value is -0.320. The van der Waals surface area contributed by atoms with E-state index in [0.29, 0.717) is 10.0 Å². The Balaban J connectivity index is 1.84. The molecule has 3 nitrogen and oxygen atoms in total. The molecule has 2 aliphatic rings. The minimum Gasteiger partial charge on any atom is -0.353 e. The molecule has 5 heteroatoms. The second-order valence-electron chi connectivity index (χ2n) is 6.64. The summed E-state index contributed by atoms with van der Waals surface area (Å²) in [6, 6.07) is 5.97. The summed E-state index contributed by atoms with van der Waals surface area (Å²) in [6.45, 7) is 4.90. The summed E-state index contributed by atoms with van der Waals surface area (Å²) in [6.07, 6.45) is 5.46. The Bertz CT molecular complexity index is 526. The topological polar surface area (TPSA) is 30.5 Å². The molecule has 0 aromatic heterocycles. The molecule has 0 spiro atoms. The maximum atomic E-state index is 6.32. The van der Waals surface area contributed by atoms with Gasteiger partial charge in [0.25, 0.3) is 0 Å². The summed E-state index contributed by atoms with van der Waals surface area (Å²) >= 11 is 12.4.